The van der Waals surface area contributed by atoms with Gasteiger partial charge in [0.1, 0.15) is 0 Å². The van der Waals surface area contributed by atoms with Crippen molar-refractivity contribution < 1.29 is 0 Å². The van der Waals surface area contributed by atoms with E-state index in [9.17, 15) is 0 Å². The summed E-state index contributed by atoms with van der Waals surface area (Å²) in [6.45, 7) is 0. The molecule has 0 atom stereocenters. The highest BCUT2D eigenvalue weighted by atomic mass is 14.9. The minimum Gasteiger partial charge on any atom is -0.264 e. The minimum absolute atomic E-state index is 0.690. The van der Waals surface area contributed by atoms with Gasteiger partial charge in [-0.05, 0) is 84.4 Å². The molecule has 0 bridgehead atoms. The molecule has 0 aliphatic rings. The van der Waals surface area contributed by atoms with Crippen LogP contribution in [0, 0.1) is 0 Å². The van der Waals surface area contributed by atoms with Crippen LogP contribution >= 0.6 is 0 Å². The van der Waals surface area contributed by atoms with Gasteiger partial charge in [0, 0.05) is 34.6 Å². The molecule has 0 fully saturated rings. The molecule has 0 aliphatic heterocycles. The highest BCUT2D eigenvalue weighted by molar-refractivity contribution is 6.27. The molecule has 0 amide bonds. The van der Waals surface area contributed by atoms with Crippen molar-refractivity contribution in [2.24, 2.45) is 0 Å². The summed E-state index contributed by atoms with van der Waals surface area (Å²) in [6.07, 6.45) is 3.70. The summed E-state index contributed by atoms with van der Waals surface area (Å²) >= 11 is 0. The number of rotatable bonds is 6. The van der Waals surface area contributed by atoms with E-state index in [1.54, 1.807) is 6.20 Å². The summed E-state index contributed by atoms with van der Waals surface area (Å²) in [4.78, 5) is 14.7. The SMILES string of the molecule is c1ccc(-c2cc(-c3cccc(-c4cccnc4)c3)nc(-c3cccc(-c4ccc5ccc6c(-c7ccccc7)ccc7ccc4c5c76)c3)n2)cc1. The van der Waals surface area contributed by atoms with E-state index >= 15 is 0 Å². The van der Waals surface area contributed by atoms with Crippen LogP contribution in [0.4, 0.5) is 0 Å². The molecule has 0 unspecified atom stereocenters. The Labute approximate surface area is 301 Å². The van der Waals surface area contributed by atoms with E-state index in [4.69, 9.17) is 9.97 Å². The van der Waals surface area contributed by atoms with E-state index in [-0.39, 0.29) is 0 Å². The average Bonchev–Trinajstić information content (AvgIpc) is 3.23. The molecule has 0 aliphatic carbocycles. The van der Waals surface area contributed by atoms with E-state index in [0.29, 0.717) is 5.82 Å². The number of nitrogens with zero attached hydrogens (tertiary/aromatic N) is 3. The molecular formula is C49H31N3. The monoisotopic (exact) mass is 661 g/mol. The third-order valence-electron chi connectivity index (χ3n) is 10.1. The standard InChI is InChI=1S/C49H31N3/c1-3-10-32(11-4-1)41-23-19-34-22-26-44-42(24-20-35-21-25-43(41)47(34)48(35)44)37-15-8-17-39(29-37)49-51-45(33-12-5-2-6-13-33)30-46(52-49)38-16-7-14-36(28-38)40-18-9-27-50-31-40/h1-31H. The zero-order valence-electron chi connectivity index (χ0n) is 28.2. The summed E-state index contributed by atoms with van der Waals surface area (Å²) in [7, 11) is 0. The molecule has 3 heteroatoms. The fourth-order valence-corrected chi connectivity index (χ4v) is 7.62. The Morgan fingerprint density at radius 2 is 0.846 bits per heavy atom. The highest BCUT2D eigenvalue weighted by Crippen LogP contribution is 2.43. The summed E-state index contributed by atoms with van der Waals surface area (Å²) in [5, 5.41) is 7.63. The first-order valence-electron chi connectivity index (χ1n) is 17.6. The molecule has 52 heavy (non-hydrogen) atoms. The smallest absolute Gasteiger partial charge is 0.160 e. The van der Waals surface area contributed by atoms with Crippen molar-refractivity contribution >= 4 is 32.3 Å². The Hall–Kier alpha value is -6.97. The molecule has 3 nitrogen and oxygen atoms in total. The Morgan fingerprint density at radius 1 is 0.327 bits per heavy atom. The van der Waals surface area contributed by atoms with Crippen LogP contribution in [0.2, 0.25) is 0 Å². The van der Waals surface area contributed by atoms with Gasteiger partial charge in [0.15, 0.2) is 5.82 Å². The first-order chi connectivity index (χ1) is 25.8. The van der Waals surface area contributed by atoms with Crippen molar-refractivity contribution in [1.82, 2.24) is 15.0 Å². The number of aromatic nitrogens is 3. The van der Waals surface area contributed by atoms with E-state index in [0.717, 1.165) is 44.8 Å². The van der Waals surface area contributed by atoms with Crippen LogP contribution in [0.15, 0.2) is 188 Å². The summed E-state index contributed by atoms with van der Waals surface area (Å²) < 4.78 is 0. The van der Waals surface area contributed by atoms with Crippen LogP contribution in [-0.4, -0.2) is 15.0 Å². The fourth-order valence-electron chi connectivity index (χ4n) is 7.62. The number of benzene rings is 8. The Kier molecular flexibility index (Phi) is 7.14. The van der Waals surface area contributed by atoms with Crippen LogP contribution in [0.3, 0.4) is 0 Å². The second-order valence-corrected chi connectivity index (χ2v) is 13.2. The van der Waals surface area contributed by atoms with Crippen LogP contribution in [0.5, 0.6) is 0 Å². The first kappa shape index (κ1) is 29.9. The van der Waals surface area contributed by atoms with Crippen molar-refractivity contribution in [3.63, 3.8) is 0 Å². The maximum Gasteiger partial charge on any atom is 0.160 e. The predicted molar refractivity (Wildman–Crippen MR) is 216 cm³/mol. The van der Waals surface area contributed by atoms with E-state index in [2.05, 4.69) is 169 Å². The minimum atomic E-state index is 0.690. The third-order valence-corrected chi connectivity index (χ3v) is 10.1. The average molecular weight is 662 g/mol. The predicted octanol–water partition coefficient (Wildman–Crippen LogP) is 12.8. The van der Waals surface area contributed by atoms with Crippen molar-refractivity contribution in [3.8, 4) is 67.3 Å². The molecule has 10 aromatic rings. The maximum atomic E-state index is 5.21. The lowest BCUT2D eigenvalue weighted by Gasteiger charge is -2.17. The van der Waals surface area contributed by atoms with Crippen molar-refractivity contribution in [2.45, 2.75) is 0 Å². The van der Waals surface area contributed by atoms with Crippen LogP contribution in [0.25, 0.3) is 99.6 Å². The molecule has 0 N–H and O–H groups in total. The number of hydrogen-bond donors (Lipinski definition) is 0. The molecule has 2 aromatic heterocycles. The molecule has 10 rings (SSSR count). The van der Waals surface area contributed by atoms with Gasteiger partial charge in [-0.15, -0.1) is 0 Å². The van der Waals surface area contributed by atoms with E-state index in [1.807, 2.05) is 18.3 Å². The largest absolute Gasteiger partial charge is 0.264 e. The fraction of sp³-hybridized carbons (Fsp3) is 0. The van der Waals surface area contributed by atoms with Crippen LogP contribution < -0.4 is 0 Å². The molecule has 0 radical (unpaired) electrons. The van der Waals surface area contributed by atoms with Crippen LogP contribution in [-0.2, 0) is 0 Å². The molecule has 2 heterocycles. The molecule has 242 valence electrons. The highest BCUT2D eigenvalue weighted by Gasteiger charge is 2.16. The Bertz CT molecular complexity index is 2880. The van der Waals surface area contributed by atoms with Gasteiger partial charge in [0.25, 0.3) is 0 Å². The Morgan fingerprint density at radius 3 is 1.52 bits per heavy atom. The molecular weight excluding hydrogens is 631 g/mol. The van der Waals surface area contributed by atoms with Gasteiger partial charge >= 0.3 is 0 Å². The third kappa shape index (κ3) is 5.19. The van der Waals surface area contributed by atoms with Gasteiger partial charge in [0.2, 0.25) is 0 Å². The lowest BCUT2D eigenvalue weighted by molar-refractivity contribution is 1.18. The van der Waals surface area contributed by atoms with Crippen molar-refractivity contribution in [3.05, 3.63) is 188 Å². The van der Waals surface area contributed by atoms with E-state index < -0.39 is 0 Å². The lowest BCUT2D eigenvalue weighted by atomic mass is 9.87. The molecule has 0 saturated heterocycles. The zero-order valence-corrected chi connectivity index (χ0v) is 28.2. The number of pyridine rings is 1. The van der Waals surface area contributed by atoms with Gasteiger partial charge in [-0.25, -0.2) is 9.97 Å². The molecule has 8 aromatic carbocycles. The normalized spacial score (nSPS) is 11.5. The van der Waals surface area contributed by atoms with Crippen LogP contribution in [0.1, 0.15) is 0 Å². The summed E-state index contributed by atoms with van der Waals surface area (Å²) in [5.74, 6) is 0.690. The van der Waals surface area contributed by atoms with Gasteiger partial charge < -0.3 is 0 Å². The lowest BCUT2D eigenvalue weighted by Crippen LogP contribution is -1.96. The van der Waals surface area contributed by atoms with Crippen molar-refractivity contribution in [1.29, 1.82) is 0 Å². The van der Waals surface area contributed by atoms with Gasteiger partial charge in [0.05, 0.1) is 11.4 Å². The van der Waals surface area contributed by atoms with Gasteiger partial charge in [-0.2, -0.15) is 0 Å². The quantitative estimate of drug-likeness (QED) is 0.166. The zero-order chi connectivity index (χ0) is 34.4. The molecule has 0 saturated carbocycles. The maximum absolute atomic E-state index is 5.21. The second-order valence-electron chi connectivity index (χ2n) is 13.2. The summed E-state index contributed by atoms with van der Waals surface area (Å²) in [5.41, 5.74) is 11.8. The van der Waals surface area contributed by atoms with Crippen molar-refractivity contribution in [2.75, 3.05) is 0 Å². The van der Waals surface area contributed by atoms with Gasteiger partial charge in [-0.3, -0.25) is 4.98 Å². The molecule has 0 spiro atoms. The Balaban J connectivity index is 1.13. The topological polar surface area (TPSA) is 38.7 Å². The first-order valence-corrected chi connectivity index (χ1v) is 17.6. The second kappa shape index (κ2) is 12.4. The van der Waals surface area contributed by atoms with Gasteiger partial charge in [-0.1, -0.05) is 152 Å². The number of hydrogen-bond acceptors (Lipinski definition) is 3. The van der Waals surface area contributed by atoms with E-state index in [1.165, 1.54) is 49.0 Å². The summed E-state index contributed by atoms with van der Waals surface area (Å²) in [6, 6.07) is 62.5.